The van der Waals surface area contributed by atoms with Crippen molar-refractivity contribution in [2.75, 3.05) is 6.61 Å². The molecule has 3 heterocycles. The number of halogens is 3. The van der Waals surface area contributed by atoms with E-state index in [-0.39, 0.29) is 18.6 Å². The maximum Gasteiger partial charge on any atom is 0.272 e. The van der Waals surface area contributed by atoms with E-state index in [9.17, 15) is 4.79 Å². The van der Waals surface area contributed by atoms with Crippen LogP contribution in [0.15, 0.2) is 60.7 Å². The fourth-order valence-electron chi connectivity index (χ4n) is 4.04. The Balaban J connectivity index is 1.61. The maximum atomic E-state index is 13.4. The predicted octanol–water partition coefficient (Wildman–Crippen LogP) is 7.46. The number of benzene rings is 2. The molecule has 2 aromatic heterocycles. The van der Waals surface area contributed by atoms with Gasteiger partial charge >= 0.3 is 0 Å². The van der Waals surface area contributed by atoms with Gasteiger partial charge in [-0.2, -0.15) is 5.10 Å². The van der Waals surface area contributed by atoms with Crippen LogP contribution in [0.1, 0.15) is 45.2 Å². The number of ether oxygens (including phenoxy) is 1. The van der Waals surface area contributed by atoms with Gasteiger partial charge in [0, 0.05) is 21.0 Å². The minimum absolute atomic E-state index is 0.198. The second-order valence-electron chi connectivity index (χ2n) is 8.09. The smallest absolute Gasteiger partial charge is 0.272 e. The van der Waals surface area contributed by atoms with E-state index in [1.54, 1.807) is 22.9 Å². The zero-order chi connectivity index (χ0) is 24.5. The topological polar surface area (TPSA) is 56.2 Å². The summed E-state index contributed by atoms with van der Waals surface area (Å²) >= 11 is 20.3. The molecule has 9 heteroatoms. The van der Waals surface area contributed by atoms with Crippen molar-refractivity contribution in [1.82, 2.24) is 15.1 Å². The Morgan fingerprint density at radius 2 is 1.91 bits per heavy atom. The molecule has 4 aromatic rings. The molecule has 35 heavy (non-hydrogen) atoms. The SMILES string of the molecule is C[C@H](NC(=O)c1nn(-c2ccc(Cl)cc2Cl)c2c1COC/C2=C\c1ccc(Cl)s1)c1ccccc1. The van der Waals surface area contributed by atoms with Crippen LogP contribution in [-0.2, 0) is 11.3 Å². The van der Waals surface area contributed by atoms with E-state index < -0.39 is 0 Å². The van der Waals surface area contributed by atoms with Crippen LogP contribution in [0.2, 0.25) is 14.4 Å². The normalized spacial score (nSPS) is 15.1. The number of carbonyl (C=O) groups excluding carboxylic acids is 1. The molecule has 0 unspecified atom stereocenters. The molecule has 0 fully saturated rings. The first kappa shape index (κ1) is 24.1. The van der Waals surface area contributed by atoms with Gasteiger partial charge < -0.3 is 10.1 Å². The highest BCUT2D eigenvalue weighted by molar-refractivity contribution is 7.17. The van der Waals surface area contributed by atoms with E-state index in [0.29, 0.717) is 37.9 Å². The van der Waals surface area contributed by atoms with Crippen molar-refractivity contribution in [2.45, 2.75) is 19.6 Å². The first-order valence-electron chi connectivity index (χ1n) is 10.9. The van der Waals surface area contributed by atoms with Crippen LogP contribution in [0, 0.1) is 0 Å². The van der Waals surface area contributed by atoms with Gasteiger partial charge in [-0.25, -0.2) is 4.68 Å². The number of hydrogen-bond acceptors (Lipinski definition) is 4. The Labute approximate surface area is 221 Å². The highest BCUT2D eigenvalue weighted by Gasteiger charge is 2.30. The van der Waals surface area contributed by atoms with Crippen LogP contribution >= 0.6 is 46.1 Å². The molecule has 1 amide bonds. The number of nitrogens with zero attached hydrogens (tertiary/aromatic N) is 2. The van der Waals surface area contributed by atoms with Gasteiger partial charge in [-0.3, -0.25) is 4.79 Å². The third kappa shape index (κ3) is 5.03. The minimum atomic E-state index is -0.287. The Bertz CT molecular complexity index is 1430. The van der Waals surface area contributed by atoms with Crippen LogP contribution < -0.4 is 5.32 Å². The van der Waals surface area contributed by atoms with E-state index in [2.05, 4.69) is 5.32 Å². The van der Waals surface area contributed by atoms with Gasteiger partial charge in [0.15, 0.2) is 5.69 Å². The summed E-state index contributed by atoms with van der Waals surface area (Å²) in [5.41, 5.74) is 4.28. The second kappa shape index (κ2) is 10.2. The van der Waals surface area contributed by atoms with Crippen molar-refractivity contribution >= 4 is 63.7 Å². The Morgan fingerprint density at radius 1 is 1.11 bits per heavy atom. The highest BCUT2D eigenvalue weighted by atomic mass is 35.5. The standard InChI is InChI=1S/C26H20Cl3N3O2S/c1-15(16-5-3-2-4-6-16)30-26(33)24-20-14-34-13-17(11-19-8-10-23(29)35-19)25(20)32(31-24)22-9-7-18(27)12-21(22)28/h2-12,15H,13-14H2,1H3,(H,30,33)/b17-11+/t15-/m0/s1. The molecule has 2 aromatic carbocycles. The van der Waals surface area contributed by atoms with Crippen LogP contribution in [0.25, 0.3) is 17.3 Å². The Morgan fingerprint density at radius 3 is 2.63 bits per heavy atom. The zero-order valence-corrected chi connectivity index (χ0v) is 21.7. The lowest BCUT2D eigenvalue weighted by molar-refractivity contribution is 0.0926. The molecule has 1 aliphatic heterocycles. The summed E-state index contributed by atoms with van der Waals surface area (Å²) in [6, 6.07) is 18.6. The number of amides is 1. The Kier molecular flexibility index (Phi) is 7.00. The van der Waals surface area contributed by atoms with Gasteiger partial charge in [0.25, 0.3) is 5.91 Å². The highest BCUT2D eigenvalue weighted by Crippen LogP contribution is 2.36. The molecule has 0 bridgehead atoms. The molecule has 1 atom stereocenters. The van der Waals surface area contributed by atoms with E-state index in [1.807, 2.05) is 55.5 Å². The largest absolute Gasteiger partial charge is 0.372 e. The summed E-state index contributed by atoms with van der Waals surface area (Å²) in [5, 5.41) is 8.73. The summed E-state index contributed by atoms with van der Waals surface area (Å²) in [4.78, 5) is 14.4. The molecule has 5 nitrogen and oxygen atoms in total. The van der Waals surface area contributed by atoms with Crippen molar-refractivity contribution in [2.24, 2.45) is 0 Å². The van der Waals surface area contributed by atoms with Gasteiger partial charge in [0.05, 0.1) is 40.0 Å². The number of hydrogen-bond donors (Lipinski definition) is 1. The summed E-state index contributed by atoms with van der Waals surface area (Å²) in [5.74, 6) is -0.287. The number of thiophene rings is 1. The zero-order valence-electron chi connectivity index (χ0n) is 18.6. The molecule has 1 aliphatic rings. The molecule has 0 spiro atoms. The number of rotatable bonds is 5. The van der Waals surface area contributed by atoms with E-state index in [0.717, 1.165) is 21.7 Å². The lowest BCUT2D eigenvalue weighted by Crippen LogP contribution is -2.28. The fourth-order valence-corrected chi connectivity index (χ4v) is 5.55. The summed E-state index contributed by atoms with van der Waals surface area (Å²) in [6.07, 6.45) is 2.00. The summed E-state index contributed by atoms with van der Waals surface area (Å²) < 4.78 is 8.28. The van der Waals surface area contributed by atoms with Crippen LogP contribution in [0.4, 0.5) is 0 Å². The third-order valence-corrected chi connectivity index (χ3v) is 7.42. The van der Waals surface area contributed by atoms with Crippen molar-refractivity contribution in [1.29, 1.82) is 0 Å². The second-order valence-corrected chi connectivity index (χ2v) is 10.7. The third-order valence-electron chi connectivity index (χ3n) is 5.70. The summed E-state index contributed by atoms with van der Waals surface area (Å²) in [7, 11) is 0. The monoisotopic (exact) mass is 543 g/mol. The van der Waals surface area contributed by atoms with Crippen LogP contribution in [0.5, 0.6) is 0 Å². The number of carbonyl (C=O) groups is 1. The minimum Gasteiger partial charge on any atom is -0.372 e. The molecule has 178 valence electrons. The van der Waals surface area contributed by atoms with Crippen LogP contribution in [0.3, 0.4) is 0 Å². The van der Waals surface area contributed by atoms with Gasteiger partial charge in [0.1, 0.15) is 0 Å². The van der Waals surface area contributed by atoms with Gasteiger partial charge in [-0.1, -0.05) is 65.1 Å². The fraction of sp³-hybridized carbons (Fsp3) is 0.154. The van der Waals surface area contributed by atoms with Crippen molar-refractivity contribution in [3.63, 3.8) is 0 Å². The van der Waals surface area contributed by atoms with Crippen molar-refractivity contribution in [3.05, 3.63) is 102 Å². The van der Waals surface area contributed by atoms with Crippen molar-refractivity contribution in [3.8, 4) is 5.69 Å². The molecule has 0 aliphatic carbocycles. The molecular formula is C26H20Cl3N3O2S. The lowest BCUT2D eigenvalue weighted by Gasteiger charge is -2.19. The van der Waals surface area contributed by atoms with E-state index >= 15 is 0 Å². The molecule has 0 saturated carbocycles. The molecular weight excluding hydrogens is 525 g/mol. The van der Waals surface area contributed by atoms with Crippen LogP contribution in [-0.4, -0.2) is 22.3 Å². The molecule has 5 rings (SSSR count). The van der Waals surface area contributed by atoms with Gasteiger partial charge in [-0.05, 0) is 48.9 Å². The molecule has 1 N–H and O–H groups in total. The molecule has 0 radical (unpaired) electrons. The quantitative estimate of drug-likeness (QED) is 0.284. The number of nitrogens with one attached hydrogen (secondary N) is 1. The predicted molar refractivity (Wildman–Crippen MR) is 143 cm³/mol. The van der Waals surface area contributed by atoms with Crippen molar-refractivity contribution < 1.29 is 9.53 Å². The lowest BCUT2D eigenvalue weighted by atomic mass is 10.0. The van der Waals surface area contributed by atoms with Gasteiger partial charge in [0.2, 0.25) is 0 Å². The number of fused-ring (bicyclic) bond motifs is 1. The first-order valence-corrected chi connectivity index (χ1v) is 12.8. The van der Waals surface area contributed by atoms with Gasteiger partial charge in [-0.15, -0.1) is 11.3 Å². The number of aromatic nitrogens is 2. The van der Waals surface area contributed by atoms with E-state index in [1.165, 1.54) is 11.3 Å². The average Bonchev–Trinajstić information content (AvgIpc) is 3.43. The first-order chi connectivity index (χ1) is 16.9. The maximum absolute atomic E-state index is 13.4. The molecule has 0 saturated heterocycles. The van der Waals surface area contributed by atoms with E-state index in [4.69, 9.17) is 44.6 Å². The Hall–Kier alpha value is -2.61. The average molecular weight is 545 g/mol. The summed E-state index contributed by atoms with van der Waals surface area (Å²) in [6.45, 7) is 2.56.